The molecule has 2 nitrogen and oxygen atoms in total. The Morgan fingerprint density at radius 1 is 0.941 bits per heavy atom. The first-order valence-electron chi connectivity index (χ1n) is 6.42. The first-order chi connectivity index (χ1) is 8.26. The molecule has 0 aliphatic heterocycles. The smallest absolute Gasteiger partial charge is 0.188 e. The number of hydrogen-bond donors (Lipinski definition) is 0. The van der Waals surface area contributed by atoms with Crippen molar-refractivity contribution in [1.29, 1.82) is 0 Å². The molecule has 0 N–H and O–H groups in total. The summed E-state index contributed by atoms with van der Waals surface area (Å²) in [7, 11) is 0. The predicted octanol–water partition coefficient (Wildman–Crippen LogP) is 4.22. The van der Waals surface area contributed by atoms with Gasteiger partial charge in [-0.15, -0.1) is 11.8 Å². The van der Waals surface area contributed by atoms with Gasteiger partial charge in [-0.05, 0) is 24.3 Å². The maximum atomic E-state index is 4.70. The fourth-order valence-electron chi connectivity index (χ4n) is 1.73. The van der Waals surface area contributed by atoms with E-state index >= 15 is 0 Å². The average molecular weight is 270 g/mol. The van der Waals surface area contributed by atoms with E-state index in [2.05, 4.69) is 32.7 Å². The van der Waals surface area contributed by atoms with Crippen LogP contribution < -0.4 is 0 Å². The molecule has 0 fully saturated rings. The third-order valence-corrected chi connectivity index (χ3v) is 4.06. The largest absolute Gasteiger partial charge is 0.227 e. The van der Waals surface area contributed by atoms with E-state index in [1.54, 1.807) is 11.8 Å². The summed E-state index contributed by atoms with van der Waals surface area (Å²) >= 11 is 3.58. The van der Waals surface area contributed by atoms with Crippen molar-refractivity contribution >= 4 is 23.5 Å². The van der Waals surface area contributed by atoms with E-state index < -0.39 is 0 Å². The van der Waals surface area contributed by atoms with Crippen molar-refractivity contribution < 1.29 is 0 Å². The summed E-state index contributed by atoms with van der Waals surface area (Å²) in [6, 6.07) is 0. The summed E-state index contributed by atoms with van der Waals surface area (Å²) in [5, 5.41) is 2.15. The molecular weight excluding hydrogens is 248 g/mol. The van der Waals surface area contributed by atoms with Gasteiger partial charge in [0, 0.05) is 11.3 Å². The topological polar surface area (TPSA) is 25.8 Å². The second-order valence-corrected chi connectivity index (χ2v) is 6.19. The minimum absolute atomic E-state index is 0.948. The Bertz CT molecular complexity index is 326. The fraction of sp³-hybridized carbons (Fsp3) is 0.692. The van der Waals surface area contributed by atoms with Crippen LogP contribution in [0.25, 0.3) is 0 Å². The molecule has 0 unspecified atom stereocenters. The molecular formula is C13H22N2S2. The van der Waals surface area contributed by atoms with Crippen LogP contribution >= 0.6 is 23.5 Å². The van der Waals surface area contributed by atoms with Crippen LogP contribution in [0, 0.1) is 0 Å². The summed E-state index contributed by atoms with van der Waals surface area (Å²) in [6.07, 6.45) is 3.26. The SMILES string of the molecule is CCCc1nc(SCC)nc(SCC)c1CC. The van der Waals surface area contributed by atoms with Crippen molar-refractivity contribution in [2.24, 2.45) is 0 Å². The van der Waals surface area contributed by atoms with Gasteiger partial charge in [0.2, 0.25) is 0 Å². The molecule has 1 heterocycles. The third-order valence-electron chi connectivity index (χ3n) is 2.43. The van der Waals surface area contributed by atoms with Crippen LogP contribution in [0.3, 0.4) is 0 Å². The molecule has 0 saturated carbocycles. The van der Waals surface area contributed by atoms with Crippen LogP contribution in [0.15, 0.2) is 10.2 Å². The summed E-state index contributed by atoms with van der Waals surface area (Å²) < 4.78 is 0. The molecule has 0 spiro atoms. The van der Waals surface area contributed by atoms with Crippen molar-refractivity contribution in [3.8, 4) is 0 Å². The Balaban J connectivity index is 3.14. The van der Waals surface area contributed by atoms with Crippen molar-refractivity contribution in [3.05, 3.63) is 11.3 Å². The normalized spacial score (nSPS) is 10.8. The van der Waals surface area contributed by atoms with Crippen LogP contribution in [-0.2, 0) is 12.8 Å². The molecule has 1 aromatic heterocycles. The highest BCUT2D eigenvalue weighted by molar-refractivity contribution is 7.99. The van der Waals surface area contributed by atoms with E-state index in [1.807, 2.05) is 11.8 Å². The molecule has 0 amide bonds. The van der Waals surface area contributed by atoms with E-state index in [4.69, 9.17) is 4.98 Å². The van der Waals surface area contributed by atoms with Gasteiger partial charge in [0.05, 0.1) is 0 Å². The molecule has 0 aliphatic carbocycles. The Labute approximate surface area is 113 Å². The maximum Gasteiger partial charge on any atom is 0.188 e. The van der Waals surface area contributed by atoms with Crippen molar-refractivity contribution in [1.82, 2.24) is 9.97 Å². The first-order valence-corrected chi connectivity index (χ1v) is 8.39. The van der Waals surface area contributed by atoms with E-state index in [1.165, 1.54) is 16.3 Å². The second-order valence-electron chi connectivity index (χ2n) is 3.71. The van der Waals surface area contributed by atoms with Gasteiger partial charge in [0.15, 0.2) is 5.16 Å². The molecule has 0 atom stereocenters. The van der Waals surface area contributed by atoms with E-state index in [-0.39, 0.29) is 0 Å². The number of aromatic nitrogens is 2. The lowest BCUT2D eigenvalue weighted by Gasteiger charge is -2.12. The van der Waals surface area contributed by atoms with E-state index in [9.17, 15) is 0 Å². The van der Waals surface area contributed by atoms with Crippen LogP contribution in [0.1, 0.15) is 45.4 Å². The molecule has 1 rings (SSSR count). The van der Waals surface area contributed by atoms with Crippen LogP contribution in [0.2, 0.25) is 0 Å². The lowest BCUT2D eigenvalue weighted by Crippen LogP contribution is -2.04. The van der Waals surface area contributed by atoms with Gasteiger partial charge in [-0.2, -0.15) is 0 Å². The summed E-state index contributed by atoms with van der Waals surface area (Å²) in [6.45, 7) is 8.73. The highest BCUT2D eigenvalue weighted by Gasteiger charge is 2.12. The molecule has 0 bridgehead atoms. The fourth-order valence-corrected chi connectivity index (χ4v) is 3.24. The van der Waals surface area contributed by atoms with Gasteiger partial charge >= 0.3 is 0 Å². The quantitative estimate of drug-likeness (QED) is 0.421. The number of aryl methyl sites for hydroxylation is 1. The second kappa shape index (κ2) is 7.98. The number of hydrogen-bond acceptors (Lipinski definition) is 4. The van der Waals surface area contributed by atoms with Gasteiger partial charge in [-0.3, -0.25) is 0 Å². The van der Waals surface area contributed by atoms with Crippen molar-refractivity contribution in [2.75, 3.05) is 11.5 Å². The Morgan fingerprint density at radius 3 is 2.18 bits per heavy atom. The molecule has 0 saturated heterocycles. The van der Waals surface area contributed by atoms with Crippen LogP contribution in [0.4, 0.5) is 0 Å². The summed E-state index contributed by atoms with van der Waals surface area (Å²) in [4.78, 5) is 9.39. The standard InChI is InChI=1S/C13H22N2S2/c1-5-9-11-10(6-2)12(16-7-3)15-13(14-11)17-8-4/h5-9H2,1-4H3. The lowest BCUT2D eigenvalue weighted by atomic mass is 10.1. The molecule has 1 aromatic rings. The molecule has 0 aliphatic rings. The average Bonchev–Trinajstić information content (AvgIpc) is 2.30. The van der Waals surface area contributed by atoms with Gasteiger partial charge in [-0.25, -0.2) is 9.97 Å². The zero-order valence-corrected chi connectivity index (χ0v) is 12.9. The lowest BCUT2D eigenvalue weighted by molar-refractivity contribution is 0.758. The Morgan fingerprint density at radius 2 is 1.65 bits per heavy atom. The van der Waals surface area contributed by atoms with Gasteiger partial charge in [0.1, 0.15) is 5.03 Å². The molecule has 96 valence electrons. The monoisotopic (exact) mass is 270 g/mol. The number of nitrogens with zero attached hydrogens (tertiary/aromatic N) is 2. The maximum absolute atomic E-state index is 4.70. The zero-order valence-electron chi connectivity index (χ0n) is 11.2. The minimum Gasteiger partial charge on any atom is -0.227 e. The number of thioether (sulfide) groups is 2. The highest BCUT2D eigenvalue weighted by Crippen LogP contribution is 2.27. The van der Waals surface area contributed by atoms with E-state index in [0.717, 1.165) is 35.9 Å². The van der Waals surface area contributed by atoms with Gasteiger partial charge in [-0.1, -0.05) is 45.9 Å². The molecule has 17 heavy (non-hydrogen) atoms. The van der Waals surface area contributed by atoms with Gasteiger partial charge < -0.3 is 0 Å². The minimum atomic E-state index is 0.948. The first kappa shape index (κ1) is 14.8. The highest BCUT2D eigenvalue weighted by atomic mass is 32.2. The van der Waals surface area contributed by atoms with Crippen molar-refractivity contribution in [2.45, 2.75) is 57.1 Å². The van der Waals surface area contributed by atoms with Crippen molar-refractivity contribution in [3.63, 3.8) is 0 Å². The summed E-state index contributed by atoms with van der Waals surface area (Å²) in [5.74, 6) is 2.11. The predicted molar refractivity (Wildman–Crippen MR) is 78.2 cm³/mol. The Hall–Kier alpha value is -0.220. The summed E-state index contributed by atoms with van der Waals surface area (Å²) in [5.41, 5.74) is 2.62. The zero-order chi connectivity index (χ0) is 12.7. The van der Waals surface area contributed by atoms with Gasteiger partial charge in [0.25, 0.3) is 0 Å². The molecule has 4 heteroatoms. The molecule has 0 aromatic carbocycles. The van der Waals surface area contributed by atoms with Crippen LogP contribution in [0.5, 0.6) is 0 Å². The molecule has 0 radical (unpaired) electrons. The van der Waals surface area contributed by atoms with Crippen LogP contribution in [-0.4, -0.2) is 21.5 Å². The Kier molecular flexibility index (Phi) is 6.97. The van der Waals surface area contributed by atoms with E-state index in [0.29, 0.717) is 0 Å². The number of rotatable bonds is 7. The third kappa shape index (κ3) is 4.18.